The van der Waals surface area contributed by atoms with Gasteiger partial charge in [0.25, 0.3) is 0 Å². The molecule has 1 N–H and O–H groups in total. The highest BCUT2D eigenvalue weighted by Crippen LogP contribution is 2.25. The second kappa shape index (κ2) is 4.94. The number of ether oxygens (including phenoxy) is 2. The molecule has 4 heteroatoms. The van der Waals surface area contributed by atoms with Gasteiger partial charge in [0, 0.05) is 12.1 Å². The van der Waals surface area contributed by atoms with Crippen molar-refractivity contribution >= 4 is 5.97 Å². The van der Waals surface area contributed by atoms with Gasteiger partial charge in [-0.15, -0.1) is 0 Å². The first-order chi connectivity index (χ1) is 6.99. The van der Waals surface area contributed by atoms with E-state index in [-0.39, 0.29) is 23.7 Å². The third kappa shape index (κ3) is 2.92. The van der Waals surface area contributed by atoms with Crippen molar-refractivity contribution in [3.63, 3.8) is 0 Å². The van der Waals surface area contributed by atoms with E-state index in [9.17, 15) is 4.79 Å². The highest BCUT2D eigenvalue weighted by molar-refractivity contribution is 5.75. The number of esters is 1. The van der Waals surface area contributed by atoms with Crippen LogP contribution in [0.4, 0.5) is 0 Å². The molecule has 0 aromatic carbocycles. The molecular formula is C11H21NO3. The second-order valence-corrected chi connectivity index (χ2v) is 4.30. The summed E-state index contributed by atoms with van der Waals surface area (Å²) in [6.07, 6.45) is 1.06. The zero-order valence-electron chi connectivity index (χ0n) is 10.0. The van der Waals surface area contributed by atoms with Crippen LogP contribution in [0, 0.1) is 0 Å². The van der Waals surface area contributed by atoms with Gasteiger partial charge in [0.05, 0.1) is 12.7 Å². The summed E-state index contributed by atoms with van der Waals surface area (Å²) < 4.78 is 10.4. The fourth-order valence-corrected chi connectivity index (χ4v) is 1.85. The van der Waals surface area contributed by atoms with Crippen LogP contribution in [0.2, 0.25) is 0 Å². The fourth-order valence-electron chi connectivity index (χ4n) is 1.85. The van der Waals surface area contributed by atoms with Gasteiger partial charge in [-0.3, -0.25) is 10.1 Å². The Bertz CT molecular complexity index is 232. The molecule has 3 unspecified atom stereocenters. The van der Waals surface area contributed by atoms with Crippen LogP contribution >= 0.6 is 0 Å². The Morgan fingerprint density at radius 3 is 2.87 bits per heavy atom. The van der Waals surface area contributed by atoms with Gasteiger partial charge >= 0.3 is 5.97 Å². The Labute approximate surface area is 91.3 Å². The number of hydrogen-bond donors (Lipinski definition) is 1. The Kier molecular flexibility index (Phi) is 4.11. The van der Waals surface area contributed by atoms with Crippen LogP contribution in [0.1, 0.15) is 34.1 Å². The summed E-state index contributed by atoms with van der Waals surface area (Å²) >= 11 is 0. The third-order valence-electron chi connectivity index (χ3n) is 3.07. The number of carbonyl (C=O) groups excluding carboxylic acids is 1. The molecule has 0 aliphatic carbocycles. The average Bonchev–Trinajstić information content (AvgIpc) is 2.47. The van der Waals surface area contributed by atoms with Gasteiger partial charge in [0.15, 0.2) is 0 Å². The van der Waals surface area contributed by atoms with Crippen molar-refractivity contribution in [1.82, 2.24) is 5.32 Å². The SMILES string of the molecule is CCOC(=O)C(C)NC1(C)CCOC1C. The zero-order chi connectivity index (χ0) is 11.5. The predicted molar refractivity (Wildman–Crippen MR) is 57.7 cm³/mol. The number of rotatable bonds is 4. The fraction of sp³-hybridized carbons (Fsp3) is 0.909. The summed E-state index contributed by atoms with van der Waals surface area (Å²) in [5, 5.41) is 3.29. The van der Waals surface area contributed by atoms with Crippen molar-refractivity contribution < 1.29 is 14.3 Å². The Morgan fingerprint density at radius 2 is 2.40 bits per heavy atom. The first-order valence-electron chi connectivity index (χ1n) is 5.55. The Hall–Kier alpha value is -0.610. The number of hydrogen-bond acceptors (Lipinski definition) is 4. The van der Waals surface area contributed by atoms with Crippen molar-refractivity contribution in [3.8, 4) is 0 Å². The van der Waals surface area contributed by atoms with Crippen LogP contribution < -0.4 is 5.32 Å². The summed E-state index contributed by atoms with van der Waals surface area (Å²) in [6, 6.07) is -0.279. The minimum atomic E-state index is -0.279. The molecule has 1 rings (SSSR count). The summed E-state index contributed by atoms with van der Waals surface area (Å²) in [4.78, 5) is 11.5. The maximum absolute atomic E-state index is 11.5. The normalized spacial score (nSPS) is 32.7. The van der Waals surface area contributed by atoms with Crippen molar-refractivity contribution in [1.29, 1.82) is 0 Å². The Balaban J connectivity index is 2.49. The molecule has 0 spiro atoms. The summed E-state index contributed by atoms with van der Waals surface area (Å²) in [5.41, 5.74) is -0.119. The Morgan fingerprint density at radius 1 is 1.73 bits per heavy atom. The molecule has 1 aliphatic rings. The van der Waals surface area contributed by atoms with Gasteiger partial charge in [-0.05, 0) is 34.1 Å². The largest absolute Gasteiger partial charge is 0.465 e. The van der Waals surface area contributed by atoms with Gasteiger partial charge in [-0.1, -0.05) is 0 Å². The number of carbonyl (C=O) groups is 1. The molecule has 3 atom stereocenters. The van der Waals surface area contributed by atoms with E-state index in [2.05, 4.69) is 12.2 Å². The predicted octanol–water partition coefficient (Wildman–Crippen LogP) is 1.10. The monoisotopic (exact) mass is 215 g/mol. The molecule has 1 saturated heterocycles. The number of nitrogens with one attached hydrogen (secondary N) is 1. The molecule has 1 fully saturated rings. The summed E-state index contributed by atoms with van der Waals surface area (Å²) in [6.45, 7) is 8.92. The lowest BCUT2D eigenvalue weighted by atomic mass is 9.93. The maximum Gasteiger partial charge on any atom is 0.322 e. The van der Waals surface area contributed by atoms with Gasteiger partial charge in [0.1, 0.15) is 6.04 Å². The van der Waals surface area contributed by atoms with Crippen LogP contribution in [0.25, 0.3) is 0 Å². The maximum atomic E-state index is 11.5. The van der Waals surface area contributed by atoms with E-state index >= 15 is 0 Å². The van der Waals surface area contributed by atoms with E-state index in [0.29, 0.717) is 6.61 Å². The van der Waals surface area contributed by atoms with Crippen LogP contribution in [0.3, 0.4) is 0 Å². The average molecular weight is 215 g/mol. The quantitative estimate of drug-likeness (QED) is 0.713. The van der Waals surface area contributed by atoms with Gasteiger partial charge in [0.2, 0.25) is 0 Å². The molecule has 88 valence electrons. The van der Waals surface area contributed by atoms with Crippen LogP contribution in [0.5, 0.6) is 0 Å². The zero-order valence-corrected chi connectivity index (χ0v) is 10.0. The van der Waals surface area contributed by atoms with Crippen molar-refractivity contribution in [2.45, 2.75) is 51.8 Å². The lowest BCUT2D eigenvalue weighted by Gasteiger charge is -2.31. The molecule has 15 heavy (non-hydrogen) atoms. The van der Waals surface area contributed by atoms with E-state index in [1.54, 1.807) is 0 Å². The standard InChI is InChI=1S/C11H21NO3/c1-5-14-10(13)8(2)12-11(4)6-7-15-9(11)3/h8-9,12H,5-7H2,1-4H3. The van der Waals surface area contributed by atoms with E-state index < -0.39 is 0 Å². The second-order valence-electron chi connectivity index (χ2n) is 4.30. The molecule has 4 nitrogen and oxygen atoms in total. The molecule has 0 aromatic heterocycles. The molecule has 1 heterocycles. The molecule has 1 aliphatic heterocycles. The topological polar surface area (TPSA) is 47.6 Å². The van der Waals surface area contributed by atoms with Crippen LogP contribution in [-0.2, 0) is 14.3 Å². The summed E-state index contributed by atoms with van der Waals surface area (Å²) in [7, 11) is 0. The lowest BCUT2D eigenvalue weighted by Crippen LogP contribution is -2.54. The first-order valence-corrected chi connectivity index (χ1v) is 5.55. The molecule has 0 bridgehead atoms. The lowest BCUT2D eigenvalue weighted by molar-refractivity contribution is -0.145. The van der Waals surface area contributed by atoms with Gasteiger partial charge in [-0.2, -0.15) is 0 Å². The highest BCUT2D eigenvalue weighted by Gasteiger charge is 2.38. The minimum Gasteiger partial charge on any atom is -0.465 e. The summed E-state index contributed by atoms with van der Waals surface area (Å²) in [5.74, 6) is -0.196. The first kappa shape index (κ1) is 12.5. The molecule has 0 amide bonds. The molecular weight excluding hydrogens is 194 g/mol. The van der Waals surface area contributed by atoms with Gasteiger partial charge < -0.3 is 9.47 Å². The minimum absolute atomic E-state index is 0.119. The molecule has 0 radical (unpaired) electrons. The van der Waals surface area contributed by atoms with Crippen molar-refractivity contribution in [3.05, 3.63) is 0 Å². The van der Waals surface area contributed by atoms with E-state index in [0.717, 1.165) is 13.0 Å². The third-order valence-corrected chi connectivity index (χ3v) is 3.07. The van der Waals surface area contributed by atoms with Crippen molar-refractivity contribution in [2.75, 3.05) is 13.2 Å². The van der Waals surface area contributed by atoms with Crippen molar-refractivity contribution in [2.24, 2.45) is 0 Å². The van der Waals surface area contributed by atoms with E-state index in [1.807, 2.05) is 20.8 Å². The van der Waals surface area contributed by atoms with Crippen LogP contribution in [0.15, 0.2) is 0 Å². The smallest absolute Gasteiger partial charge is 0.322 e. The van der Waals surface area contributed by atoms with Crippen LogP contribution in [-0.4, -0.2) is 36.9 Å². The molecule has 0 saturated carbocycles. The molecule has 0 aromatic rings. The van der Waals surface area contributed by atoms with E-state index in [1.165, 1.54) is 0 Å². The van der Waals surface area contributed by atoms with Gasteiger partial charge in [-0.25, -0.2) is 0 Å². The highest BCUT2D eigenvalue weighted by atomic mass is 16.5. The van der Waals surface area contributed by atoms with E-state index in [4.69, 9.17) is 9.47 Å².